The lowest BCUT2D eigenvalue weighted by Gasteiger charge is -2.15. The summed E-state index contributed by atoms with van der Waals surface area (Å²) in [7, 11) is 0. The fourth-order valence-corrected chi connectivity index (χ4v) is 3.28. The van der Waals surface area contributed by atoms with Crippen LogP contribution in [0.25, 0.3) is 5.57 Å². The van der Waals surface area contributed by atoms with E-state index in [0.29, 0.717) is 21.8 Å². The van der Waals surface area contributed by atoms with Crippen molar-refractivity contribution in [2.45, 2.75) is 6.54 Å². The van der Waals surface area contributed by atoms with Gasteiger partial charge in [0.05, 0.1) is 12.1 Å². The third-order valence-electron chi connectivity index (χ3n) is 4.60. The van der Waals surface area contributed by atoms with Crippen molar-refractivity contribution in [2.75, 3.05) is 5.32 Å². The molecule has 2 amide bonds. The van der Waals surface area contributed by atoms with E-state index in [0.717, 1.165) is 4.90 Å². The van der Waals surface area contributed by atoms with Crippen LogP contribution in [-0.2, 0) is 16.1 Å². The van der Waals surface area contributed by atoms with Gasteiger partial charge >= 0.3 is 0 Å². The monoisotopic (exact) mass is 406 g/mol. The van der Waals surface area contributed by atoms with E-state index >= 15 is 0 Å². The van der Waals surface area contributed by atoms with E-state index in [2.05, 4.69) is 5.32 Å². The number of para-hydroxylation sites is 1. The minimum Gasteiger partial charge on any atom is -0.350 e. The van der Waals surface area contributed by atoms with Gasteiger partial charge < -0.3 is 5.32 Å². The molecule has 0 radical (unpaired) electrons. The van der Waals surface area contributed by atoms with Gasteiger partial charge in [0.25, 0.3) is 11.8 Å². The molecule has 0 aromatic heterocycles. The Labute approximate surface area is 172 Å². The zero-order chi connectivity index (χ0) is 20.4. The predicted octanol–water partition coefficient (Wildman–Crippen LogP) is 4.87. The van der Waals surface area contributed by atoms with Crippen molar-refractivity contribution < 1.29 is 14.0 Å². The number of nitrogens with zero attached hydrogens (tertiary/aromatic N) is 1. The number of carbonyl (C=O) groups excluding carboxylic acids is 2. The number of anilines is 1. The van der Waals surface area contributed by atoms with Gasteiger partial charge in [-0.1, -0.05) is 54.1 Å². The van der Waals surface area contributed by atoms with Gasteiger partial charge in [0.1, 0.15) is 11.5 Å². The molecule has 4 nitrogen and oxygen atoms in total. The second-order valence-electron chi connectivity index (χ2n) is 6.57. The largest absolute Gasteiger partial charge is 0.350 e. The van der Waals surface area contributed by atoms with Gasteiger partial charge in [-0.15, -0.1) is 0 Å². The van der Waals surface area contributed by atoms with Crippen LogP contribution in [0.3, 0.4) is 0 Å². The van der Waals surface area contributed by atoms with Gasteiger partial charge in [0.15, 0.2) is 0 Å². The Morgan fingerprint density at radius 2 is 1.48 bits per heavy atom. The van der Waals surface area contributed by atoms with E-state index < -0.39 is 11.8 Å². The van der Waals surface area contributed by atoms with E-state index in [1.807, 2.05) is 30.3 Å². The van der Waals surface area contributed by atoms with E-state index in [9.17, 15) is 14.0 Å². The third-order valence-corrected chi connectivity index (χ3v) is 4.85. The highest BCUT2D eigenvalue weighted by Crippen LogP contribution is 2.32. The summed E-state index contributed by atoms with van der Waals surface area (Å²) in [5.41, 5.74) is 2.42. The standard InChI is InChI=1S/C23H16ClFN2O2/c24-17-10-8-16(9-11-17)20-21(26-19-4-2-1-3-5-19)23(29)27(22(20)28)14-15-6-12-18(25)13-7-15/h1-13,26H,14H2. The van der Waals surface area contributed by atoms with Crippen LogP contribution in [0.5, 0.6) is 0 Å². The molecule has 0 bridgehead atoms. The number of imide groups is 1. The zero-order valence-corrected chi connectivity index (χ0v) is 16.0. The smallest absolute Gasteiger partial charge is 0.278 e. The molecule has 1 aliphatic rings. The molecule has 3 aromatic carbocycles. The molecule has 6 heteroatoms. The van der Waals surface area contributed by atoms with Crippen molar-refractivity contribution in [3.63, 3.8) is 0 Å². The summed E-state index contributed by atoms with van der Waals surface area (Å²) in [5, 5.41) is 3.62. The molecule has 29 heavy (non-hydrogen) atoms. The molecule has 144 valence electrons. The molecular formula is C23H16ClFN2O2. The highest BCUT2D eigenvalue weighted by Gasteiger charge is 2.39. The normalized spacial score (nSPS) is 13.9. The maximum atomic E-state index is 13.2. The lowest BCUT2D eigenvalue weighted by Crippen LogP contribution is -2.32. The molecule has 1 N–H and O–H groups in total. The van der Waals surface area contributed by atoms with Crippen LogP contribution < -0.4 is 5.32 Å². The second kappa shape index (κ2) is 7.89. The van der Waals surface area contributed by atoms with Crippen molar-refractivity contribution in [2.24, 2.45) is 0 Å². The van der Waals surface area contributed by atoms with E-state index in [4.69, 9.17) is 11.6 Å². The quantitative estimate of drug-likeness (QED) is 0.615. The second-order valence-corrected chi connectivity index (χ2v) is 7.01. The fraction of sp³-hybridized carbons (Fsp3) is 0.0435. The van der Waals surface area contributed by atoms with Crippen LogP contribution in [-0.4, -0.2) is 16.7 Å². The molecule has 0 atom stereocenters. The number of hydrogen-bond acceptors (Lipinski definition) is 3. The van der Waals surface area contributed by atoms with Gasteiger partial charge in [-0.05, 0) is 47.5 Å². The zero-order valence-electron chi connectivity index (χ0n) is 15.2. The Morgan fingerprint density at radius 3 is 2.14 bits per heavy atom. The lowest BCUT2D eigenvalue weighted by molar-refractivity contribution is -0.137. The Bertz CT molecular complexity index is 1090. The molecule has 0 saturated carbocycles. The summed E-state index contributed by atoms with van der Waals surface area (Å²) >= 11 is 5.97. The Balaban J connectivity index is 1.72. The summed E-state index contributed by atoms with van der Waals surface area (Å²) in [6.07, 6.45) is 0. The predicted molar refractivity (Wildman–Crippen MR) is 110 cm³/mol. The van der Waals surface area contributed by atoms with Crippen molar-refractivity contribution in [3.05, 3.63) is 107 Å². The molecule has 0 spiro atoms. The summed E-state index contributed by atoms with van der Waals surface area (Å²) in [6, 6.07) is 21.6. The highest BCUT2D eigenvalue weighted by molar-refractivity contribution is 6.36. The first kappa shape index (κ1) is 18.9. The highest BCUT2D eigenvalue weighted by atomic mass is 35.5. The minimum atomic E-state index is -0.437. The molecule has 1 heterocycles. The van der Waals surface area contributed by atoms with Crippen LogP contribution >= 0.6 is 11.6 Å². The van der Waals surface area contributed by atoms with E-state index in [1.165, 1.54) is 12.1 Å². The van der Waals surface area contributed by atoms with Crippen LogP contribution in [0.15, 0.2) is 84.6 Å². The van der Waals surface area contributed by atoms with Gasteiger partial charge in [-0.2, -0.15) is 0 Å². The van der Waals surface area contributed by atoms with Gasteiger partial charge in [0, 0.05) is 10.7 Å². The fourth-order valence-electron chi connectivity index (χ4n) is 3.16. The summed E-state index contributed by atoms with van der Waals surface area (Å²) in [5.74, 6) is -1.23. The first-order chi connectivity index (χ1) is 14.0. The molecule has 4 rings (SSSR count). The average Bonchev–Trinajstić information content (AvgIpc) is 2.95. The molecular weight excluding hydrogens is 391 g/mol. The molecule has 0 saturated heterocycles. The number of rotatable bonds is 5. The summed E-state index contributed by atoms with van der Waals surface area (Å²) in [4.78, 5) is 27.5. The van der Waals surface area contributed by atoms with Crippen molar-refractivity contribution in [3.8, 4) is 0 Å². The van der Waals surface area contributed by atoms with Crippen molar-refractivity contribution >= 4 is 34.7 Å². The van der Waals surface area contributed by atoms with Crippen LogP contribution in [0, 0.1) is 5.82 Å². The maximum Gasteiger partial charge on any atom is 0.278 e. The van der Waals surface area contributed by atoms with Crippen molar-refractivity contribution in [1.29, 1.82) is 0 Å². The van der Waals surface area contributed by atoms with E-state index in [1.54, 1.807) is 36.4 Å². The minimum absolute atomic E-state index is 0.0506. The first-order valence-corrected chi connectivity index (χ1v) is 9.33. The average molecular weight is 407 g/mol. The SMILES string of the molecule is O=C1C(Nc2ccccc2)=C(c2ccc(Cl)cc2)C(=O)N1Cc1ccc(F)cc1. The topological polar surface area (TPSA) is 49.4 Å². The van der Waals surface area contributed by atoms with E-state index in [-0.39, 0.29) is 23.6 Å². The Morgan fingerprint density at radius 1 is 0.828 bits per heavy atom. The molecule has 0 aliphatic carbocycles. The molecule has 0 fully saturated rings. The lowest BCUT2D eigenvalue weighted by atomic mass is 10.0. The molecule has 3 aromatic rings. The number of benzene rings is 3. The number of halogens is 2. The van der Waals surface area contributed by atoms with Gasteiger partial charge in [0.2, 0.25) is 0 Å². The van der Waals surface area contributed by atoms with Gasteiger partial charge in [-0.3, -0.25) is 14.5 Å². The number of nitrogens with one attached hydrogen (secondary N) is 1. The van der Waals surface area contributed by atoms with Crippen molar-refractivity contribution in [1.82, 2.24) is 4.90 Å². The van der Waals surface area contributed by atoms with Crippen LogP contribution in [0.1, 0.15) is 11.1 Å². The number of hydrogen-bond donors (Lipinski definition) is 1. The van der Waals surface area contributed by atoms with Crippen LogP contribution in [0.2, 0.25) is 5.02 Å². The Hall–Kier alpha value is -3.44. The maximum absolute atomic E-state index is 13.2. The third kappa shape index (κ3) is 3.91. The molecule has 0 unspecified atom stereocenters. The van der Waals surface area contributed by atoms with Crippen LogP contribution in [0.4, 0.5) is 10.1 Å². The Kier molecular flexibility index (Phi) is 5.14. The number of amides is 2. The molecule has 1 aliphatic heterocycles. The number of carbonyl (C=O) groups is 2. The first-order valence-electron chi connectivity index (χ1n) is 8.96. The van der Waals surface area contributed by atoms with Gasteiger partial charge in [-0.25, -0.2) is 4.39 Å². The summed E-state index contributed by atoms with van der Waals surface area (Å²) < 4.78 is 13.2. The summed E-state index contributed by atoms with van der Waals surface area (Å²) in [6.45, 7) is 0.0506.